The van der Waals surface area contributed by atoms with E-state index in [4.69, 9.17) is 4.98 Å². The summed E-state index contributed by atoms with van der Waals surface area (Å²) < 4.78 is 4.41. The predicted molar refractivity (Wildman–Crippen MR) is 102 cm³/mol. The lowest BCUT2D eigenvalue weighted by molar-refractivity contribution is 0.101. The van der Waals surface area contributed by atoms with Crippen molar-refractivity contribution in [2.24, 2.45) is 13.0 Å². The molecule has 0 atom stereocenters. The van der Waals surface area contributed by atoms with Gasteiger partial charge in [0.15, 0.2) is 11.6 Å². The van der Waals surface area contributed by atoms with Crippen LogP contribution in [0, 0.1) is 5.92 Å². The molecule has 4 aromatic rings. The molecule has 5 rings (SSSR count). The van der Waals surface area contributed by atoms with Crippen molar-refractivity contribution < 1.29 is 4.79 Å². The molecule has 0 N–H and O–H groups in total. The van der Waals surface area contributed by atoms with Gasteiger partial charge in [0.25, 0.3) is 0 Å². The van der Waals surface area contributed by atoms with Crippen LogP contribution >= 0.6 is 0 Å². The Morgan fingerprint density at radius 1 is 1.23 bits per heavy atom. The summed E-state index contributed by atoms with van der Waals surface area (Å²) in [5, 5.41) is 1.14. The Hall–Kier alpha value is -2.95. The molecule has 130 valence electrons. The van der Waals surface area contributed by atoms with Gasteiger partial charge < -0.3 is 9.13 Å². The van der Waals surface area contributed by atoms with Crippen molar-refractivity contribution in [2.75, 3.05) is 0 Å². The molecule has 5 heteroatoms. The number of ketones is 1. The van der Waals surface area contributed by atoms with Gasteiger partial charge in [0.2, 0.25) is 0 Å². The summed E-state index contributed by atoms with van der Waals surface area (Å²) in [4.78, 5) is 21.2. The van der Waals surface area contributed by atoms with E-state index >= 15 is 0 Å². The number of benzene rings is 1. The van der Waals surface area contributed by atoms with Crippen molar-refractivity contribution in [3.63, 3.8) is 0 Å². The van der Waals surface area contributed by atoms with Crippen LogP contribution in [0.1, 0.15) is 30.1 Å². The van der Waals surface area contributed by atoms with E-state index in [0.29, 0.717) is 5.56 Å². The quantitative estimate of drug-likeness (QED) is 0.521. The molecule has 0 aliphatic heterocycles. The summed E-state index contributed by atoms with van der Waals surface area (Å²) in [7, 11) is 2.03. The molecule has 0 amide bonds. The van der Waals surface area contributed by atoms with Crippen LogP contribution < -0.4 is 0 Å². The molecule has 0 radical (unpaired) electrons. The van der Waals surface area contributed by atoms with Crippen LogP contribution in [-0.2, 0) is 13.6 Å². The zero-order valence-electron chi connectivity index (χ0n) is 14.9. The summed E-state index contributed by atoms with van der Waals surface area (Å²) in [6, 6.07) is 12.0. The fourth-order valence-electron chi connectivity index (χ4n) is 3.66. The Kier molecular flexibility index (Phi) is 3.26. The van der Waals surface area contributed by atoms with Gasteiger partial charge in [0.05, 0.1) is 16.7 Å². The van der Waals surface area contributed by atoms with E-state index in [2.05, 4.69) is 26.3 Å². The number of rotatable bonds is 4. The smallest absolute Gasteiger partial charge is 0.159 e. The van der Waals surface area contributed by atoms with Crippen molar-refractivity contribution >= 4 is 27.9 Å². The lowest BCUT2D eigenvalue weighted by Gasteiger charge is -2.09. The van der Waals surface area contributed by atoms with Gasteiger partial charge in [0, 0.05) is 30.7 Å². The van der Waals surface area contributed by atoms with Crippen LogP contribution in [0.25, 0.3) is 33.6 Å². The SMILES string of the molecule is CC(=O)c1ccc2c(c1)nc(-c1cc3cccnc3n1CC1CC1)n2C. The number of imidazole rings is 1. The van der Waals surface area contributed by atoms with Crippen molar-refractivity contribution in [1.82, 2.24) is 19.1 Å². The van der Waals surface area contributed by atoms with Gasteiger partial charge in [-0.3, -0.25) is 4.79 Å². The fourth-order valence-corrected chi connectivity index (χ4v) is 3.66. The highest BCUT2D eigenvalue weighted by Crippen LogP contribution is 2.35. The summed E-state index contributed by atoms with van der Waals surface area (Å²) in [6.45, 7) is 2.57. The van der Waals surface area contributed by atoms with E-state index in [1.165, 1.54) is 12.8 Å². The zero-order valence-corrected chi connectivity index (χ0v) is 14.9. The third kappa shape index (κ3) is 2.35. The minimum atomic E-state index is 0.0613. The van der Waals surface area contributed by atoms with Gasteiger partial charge in [-0.05, 0) is 62.1 Å². The summed E-state index contributed by atoms with van der Waals surface area (Å²) in [6.07, 6.45) is 4.43. The number of hydrogen-bond donors (Lipinski definition) is 0. The molecule has 5 nitrogen and oxygen atoms in total. The fraction of sp³-hybridized carbons (Fsp3) is 0.286. The second-order valence-corrected chi connectivity index (χ2v) is 7.25. The lowest BCUT2D eigenvalue weighted by atomic mass is 10.1. The molecular formula is C21H20N4O. The normalized spacial score (nSPS) is 14.4. The number of Topliss-reactive ketones (excluding diaryl/α,β-unsaturated/α-hetero) is 1. The number of carbonyl (C=O) groups is 1. The highest BCUT2D eigenvalue weighted by Gasteiger charge is 2.25. The zero-order chi connectivity index (χ0) is 17.8. The molecule has 1 aliphatic rings. The summed E-state index contributed by atoms with van der Waals surface area (Å²) in [5.41, 5.74) is 4.69. The van der Waals surface area contributed by atoms with Crippen LogP contribution in [0.2, 0.25) is 0 Å². The van der Waals surface area contributed by atoms with E-state index in [1.54, 1.807) is 6.92 Å². The van der Waals surface area contributed by atoms with Crippen molar-refractivity contribution in [1.29, 1.82) is 0 Å². The molecular weight excluding hydrogens is 324 g/mol. The number of aromatic nitrogens is 4. The second kappa shape index (κ2) is 5.53. The van der Waals surface area contributed by atoms with E-state index in [9.17, 15) is 4.79 Å². The van der Waals surface area contributed by atoms with Gasteiger partial charge in [0.1, 0.15) is 5.65 Å². The lowest BCUT2D eigenvalue weighted by Crippen LogP contribution is -2.05. The summed E-state index contributed by atoms with van der Waals surface area (Å²) in [5.74, 6) is 1.72. The van der Waals surface area contributed by atoms with Crippen molar-refractivity contribution in [2.45, 2.75) is 26.3 Å². The molecule has 1 fully saturated rings. The van der Waals surface area contributed by atoms with Gasteiger partial charge in [-0.15, -0.1) is 0 Å². The maximum atomic E-state index is 11.7. The molecule has 1 saturated carbocycles. The van der Waals surface area contributed by atoms with E-state index in [1.807, 2.05) is 37.5 Å². The van der Waals surface area contributed by atoms with Crippen LogP contribution in [0.4, 0.5) is 0 Å². The molecule has 0 bridgehead atoms. The largest absolute Gasteiger partial charge is 0.326 e. The van der Waals surface area contributed by atoms with E-state index < -0.39 is 0 Å². The van der Waals surface area contributed by atoms with Crippen molar-refractivity contribution in [3.8, 4) is 11.5 Å². The third-order valence-corrected chi connectivity index (χ3v) is 5.31. The number of aryl methyl sites for hydroxylation is 1. The molecule has 0 spiro atoms. The van der Waals surface area contributed by atoms with Crippen LogP contribution in [-0.4, -0.2) is 24.9 Å². The van der Waals surface area contributed by atoms with Crippen LogP contribution in [0.3, 0.4) is 0 Å². The standard InChI is InChI=1S/C21H20N4O/c1-13(26)15-7-8-18-17(10-15)23-21(24(18)2)19-11-16-4-3-9-22-20(16)25(19)12-14-5-6-14/h3-4,7-11,14H,5-6,12H2,1-2H3. The summed E-state index contributed by atoms with van der Waals surface area (Å²) >= 11 is 0. The van der Waals surface area contributed by atoms with Gasteiger partial charge in [-0.25, -0.2) is 9.97 Å². The number of nitrogens with zero attached hydrogens (tertiary/aromatic N) is 4. The topological polar surface area (TPSA) is 52.7 Å². The van der Waals surface area contributed by atoms with Crippen LogP contribution in [0.15, 0.2) is 42.6 Å². The molecule has 0 unspecified atom stereocenters. The minimum absolute atomic E-state index is 0.0613. The Morgan fingerprint density at radius 2 is 2.08 bits per heavy atom. The first-order valence-corrected chi connectivity index (χ1v) is 9.04. The number of fused-ring (bicyclic) bond motifs is 2. The molecule has 0 saturated heterocycles. The Balaban J connectivity index is 1.74. The molecule has 1 aromatic carbocycles. The minimum Gasteiger partial charge on any atom is -0.326 e. The average Bonchev–Trinajstić information content (AvgIpc) is 3.31. The van der Waals surface area contributed by atoms with E-state index in [-0.39, 0.29) is 5.78 Å². The van der Waals surface area contributed by atoms with Crippen LogP contribution in [0.5, 0.6) is 0 Å². The van der Waals surface area contributed by atoms with Gasteiger partial charge in [-0.1, -0.05) is 0 Å². The molecule has 3 aromatic heterocycles. The first kappa shape index (κ1) is 15.3. The maximum Gasteiger partial charge on any atom is 0.159 e. The average molecular weight is 344 g/mol. The number of carbonyl (C=O) groups excluding carboxylic acids is 1. The first-order chi connectivity index (χ1) is 12.6. The third-order valence-electron chi connectivity index (χ3n) is 5.31. The van der Waals surface area contributed by atoms with Crippen molar-refractivity contribution in [3.05, 3.63) is 48.2 Å². The van der Waals surface area contributed by atoms with E-state index in [0.717, 1.165) is 46.0 Å². The maximum absolute atomic E-state index is 11.7. The monoisotopic (exact) mass is 344 g/mol. The molecule has 1 aliphatic carbocycles. The highest BCUT2D eigenvalue weighted by molar-refractivity contribution is 5.98. The number of hydrogen-bond acceptors (Lipinski definition) is 3. The highest BCUT2D eigenvalue weighted by atomic mass is 16.1. The van der Waals surface area contributed by atoms with Gasteiger partial charge >= 0.3 is 0 Å². The number of pyridine rings is 1. The van der Waals surface area contributed by atoms with Gasteiger partial charge in [-0.2, -0.15) is 0 Å². The Morgan fingerprint density at radius 3 is 2.85 bits per heavy atom. The molecule has 26 heavy (non-hydrogen) atoms. The first-order valence-electron chi connectivity index (χ1n) is 9.04. The Labute approximate surface area is 151 Å². The second-order valence-electron chi connectivity index (χ2n) is 7.25. The molecule has 3 heterocycles. The predicted octanol–water partition coefficient (Wildman–Crippen LogP) is 4.20. The Bertz CT molecular complexity index is 1160.